The maximum absolute atomic E-state index is 6.59. The molecule has 0 aliphatic carbocycles. The number of rotatable bonds is 12. The van der Waals surface area contributed by atoms with E-state index in [9.17, 15) is 0 Å². The minimum atomic E-state index is -1.67. The maximum atomic E-state index is 6.59. The minimum absolute atomic E-state index is 0.271. The van der Waals surface area contributed by atoms with Gasteiger partial charge >= 0.3 is 0 Å². The van der Waals surface area contributed by atoms with Crippen LogP contribution < -0.4 is 0 Å². The van der Waals surface area contributed by atoms with E-state index >= 15 is 0 Å². The van der Waals surface area contributed by atoms with E-state index in [-0.39, 0.29) is 5.60 Å². The molecule has 1 atom stereocenters. The van der Waals surface area contributed by atoms with Crippen LogP contribution in [-0.2, 0) is 8.85 Å². The first-order chi connectivity index (χ1) is 10.2. The molecule has 0 aromatic carbocycles. The van der Waals surface area contributed by atoms with Crippen LogP contribution in [0.3, 0.4) is 0 Å². The average Bonchev–Trinajstić information content (AvgIpc) is 2.46. The normalized spacial score (nSPS) is 15.4. The van der Waals surface area contributed by atoms with Gasteiger partial charge in [0.15, 0.2) is 16.6 Å². The molecule has 0 aliphatic heterocycles. The molecule has 22 heavy (non-hydrogen) atoms. The first kappa shape index (κ1) is 21.9. The van der Waals surface area contributed by atoms with Crippen molar-refractivity contribution in [2.24, 2.45) is 0 Å². The van der Waals surface area contributed by atoms with E-state index in [4.69, 9.17) is 15.3 Å². The Morgan fingerprint density at radius 1 is 1.00 bits per heavy atom. The predicted molar refractivity (Wildman–Crippen MR) is 103 cm³/mol. The van der Waals surface area contributed by atoms with E-state index in [0.29, 0.717) is 13.0 Å². The van der Waals surface area contributed by atoms with Crippen molar-refractivity contribution in [1.82, 2.24) is 0 Å². The molecule has 0 aromatic rings. The Kier molecular flexibility index (Phi) is 9.88. The summed E-state index contributed by atoms with van der Waals surface area (Å²) in [7, 11) is -3.27. The van der Waals surface area contributed by atoms with Crippen molar-refractivity contribution in [3.63, 3.8) is 0 Å². The molecule has 4 heteroatoms. The van der Waals surface area contributed by atoms with Crippen molar-refractivity contribution in [3.8, 4) is 12.3 Å². The summed E-state index contributed by atoms with van der Waals surface area (Å²) in [6.07, 6.45) is 9.68. The molecule has 1 unspecified atom stereocenters. The molecule has 0 spiro atoms. The van der Waals surface area contributed by atoms with Gasteiger partial charge in [-0.1, -0.05) is 40.5 Å². The SMILES string of the molecule is C#CCC(CCCC)(CO[Si](CC)(CC)CC)O[Si](C)(C)C. The van der Waals surface area contributed by atoms with Crippen LogP contribution in [0.1, 0.15) is 53.4 Å². The highest BCUT2D eigenvalue weighted by Gasteiger charge is 2.38. The van der Waals surface area contributed by atoms with Gasteiger partial charge in [0, 0.05) is 6.42 Å². The van der Waals surface area contributed by atoms with E-state index in [0.717, 1.165) is 12.8 Å². The summed E-state index contributed by atoms with van der Waals surface area (Å²) in [5, 5.41) is 0. The van der Waals surface area contributed by atoms with Crippen LogP contribution in [0.25, 0.3) is 0 Å². The van der Waals surface area contributed by atoms with Crippen LogP contribution in [0.15, 0.2) is 0 Å². The molecule has 0 N–H and O–H groups in total. The largest absolute Gasteiger partial charge is 0.414 e. The summed E-state index contributed by atoms with van der Waals surface area (Å²) in [6, 6.07) is 3.52. The number of hydrogen-bond donors (Lipinski definition) is 0. The maximum Gasteiger partial charge on any atom is 0.192 e. The second kappa shape index (κ2) is 9.92. The summed E-state index contributed by atoms with van der Waals surface area (Å²) in [5.41, 5.74) is -0.271. The highest BCUT2D eigenvalue weighted by Crippen LogP contribution is 2.31. The first-order valence-corrected chi connectivity index (χ1v) is 14.9. The highest BCUT2D eigenvalue weighted by atomic mass is 28.4. The number of hydrogen-bond acceptors (Lipinski definition) is 2. The van der Waals surface area contributed by atoms with E-state index in [1.807, 2.05) is 0 Å². The molecule has 0 saturated carbocycles. The van der Waals surface area contributed by atoms with Crippen LogP contribution in [0.2, 0.25) is 37.8 Å². The van der Waals surface area contributed by atoms with E-state index in [2.05, 4.69) is 53.3 Å². The van der Waals surface area contributed by atoms with Gasteiger partial charge in [-0.3, -0.25) is 0 Å². The van der Waals surface area contributed by atoms with Crippen molar-refractivity contribution in [1.29, 1.82) is 0 Å². The fraction of sp³-hybridized carbons (Fsp3) is 0.889. The number of terminal acetylenes is 1. The Hall–Kier alpha value is -0.0862. The second-order valence-electron chi connectivity index (χ2n) is 7.41. The Morgan fingerprint density at radius 3 is 1.91 bits per heavy atom. The molecular weight excluding hydrogens is 304 g/mol. The molecule has 0 aliphatic rings. The van der Waals surface area contributed by atoms with Crippen molar-refractivity contribution in [2.45, 2.75) is 96.8 Å². The molecule has 0 amide bonds. The van der Waals surface area contributed by atoms with Crippen LogP contribution in [-0.4, -0.2) is 28.8 Å². The Balaban J connectivity index is 5.23. The van der Waals surface area contributed by atoms with Gasteiger partial charge < -0.3 is 8.85 Å². The molecule has 0 fully saturated rings. The Bertz CT molecular complexity index is 332. The van der Waals surface area contributed by atoms with Gasteiger partial charge in [0.2, 0.25) is 0 Å². The summed E-state index contributed by atoms with van der Waals surface area (Å²) in [5.74, 6) is 2.86. The van der Waals surface area contributed by atoms with Crippen LogP contribution in [0, 0.1) is 12.3 Å². The molecule has 0 radical (unpaired) electrons. The monoisotopic (exact) mass is 342 g/mol. The minimum Gasteiger partial charge on any atom is -0.414 e. The predicted octanol–water partition coefficient (Wildman–Crippen LogP) is 5.81. The van der Waals surface area contributed by atoms with Crippen LogP contribution in [0.4, 0.5) is 0 Å². The second-order valence-corrected chi connectivity index (χ2v) is 16.6. The molecule has 2 nitrogen and oxygen atoms in total. The highest BCUT2D eigenvalue weighted by molar-refractivity contribution is 6.73. The van der Waals surface area contributed by atoms with E-state index < -0.39 is 16.6 Å². The quantitative estimate of drug-likeness (QED) is 0.329. The zero-order valence-electron chi connectivity index (χ0n) is 16.1. The summed E-state index contributed by atoms with van der Waals surface area (Å²) in [6.45, 7) is 16.5. The lowest BCUT2D eigenvalue weighted by atomic mass is 9.94. The van der Waals surface area contributed by atoms with Gasteiger partial charge in [0.25, 0.3) is 0 Å². The lowest BCUT2D eigenvalue weighted by Crippen LogP contribution is -2.49. The van der Waals surface area contributed by atoms with Gasteiger partial charge in [-0.2, -0.15) is 0 Å². The standard InChI is InChI=1S/C18H38O2Si2/c1-9-14-16-18(15-10-2,20-21(6,7)8)17-19-22(11-3,12-4)13-5/h2H,9,11-17H2,1,3-8H3. The molecule has 0 aromatic heterocycles. The van der Waals surface area contributed by atoms with Crippen molar-refractivity contribution in [2.75, 3.05) is 6.61 Å². The van der Waals surface area contributed by atoms with Crippen LogP contribution >= 0.6 is 0 Å². The molecule has 0 rings (SSSR count). The lowest BCUT2D eigenvalue weighted by molar-refractivity contribution is 0.00320. The fourth-order valence-corrected chi connectivity index (χ4v) is 7.22. The zero-order valence-corrected chi connectivity index (χ0v) is 18.1. The van der Waals surface area contributed by atoms with Crippen molar-refractivity contribution < 1.29 is 8.85 Å². The van der Waals surface area contributed by atoms with Gasteiger partial charge in [-0.15, -0.1) is 12.3 Å². The van der Waals surface area contributed by atoms with Gasteiger partial charge in [0.1, 0.15) is 0 Å². The topological polar surface area (TPSA) is 18.5 Å². The van der Waals surface area contributed by atoms with Gasteiger partial charge in [-0.25, -0.2) is 0 Å². The fourth-order valence-electron chi connectivity index (χ4n) is 3.00. The third-order valence-corrected chi connectivity index (χ3v) is 10.2. The Morgan fingerprint density at radius 2 is 1.55 bits per heavy atom. The van der Waals surface area contributed by atoms with E-state index in [1.54, 1.807) is 0 Å². The molecule has 0 heterocycles. The first-order valence-electron chi connectivity index (χ1n) is 8.99. The number of unbranched alkanes of at least 4 members (excludes halogenated alkanes) is 1. The molecule has 130 valence electrons. The van der Waals surface area contributed by atoms with Gasteiger partial charge in [-0.05, 0) is 44.2 Å². The smallest absolute Gasteiger partial charge is 0.192 e. The summed E-state index contributed by atoms with van der Waals surface area (Å²) >= 11 is 0. The lowest BCUT2D eigenvalue weighted by Gasteiger charge is -2.41. The van der Waals surface area contributed by atoms with Crippen molar-refractivity contribution >= 4 is 16.6 Å². The zero-order chi connectivity index (χ0) is 17.3. The average molecular weight is 343 g/mol. The summed E-state index contributed by atoms with van der Waals surface area (Å²) < 4.78 is 13.2. The molecular formula is C18H38O2Si2. The molecule has 0 bridgehead atoms. The third kappa shape index (κ3) is 7.45. The van der Waals surface area contributed by atoms with Gasteiger partial charge in [0.05, 0.1) is 12.2 Å². The summed E-state index contributed by atoms with van der Waals surface area (Å²) in [4.78, 5) is 0. The Labute approximate surface area is 141 Å². The van der Waals surface area contributed by atoms with Crippen molar-refractivity contribution in [3.05, 3.63) is 0 Å². The van der Waals surface area contributed by atoms with Crippen LogP contribution in [0.5, 0.6) is 0 Å². The molecule has 0 saturated heterocycles. The van der Waals surface area contributed by atoms with E-state index in [1.165, 1.54) is 24.6 Å². The third-order valence-electron chi connectivity index (χ3n) is 4.51.